The number of nitrogens with one attached hydrogen (secondary N) is 2. The molecule has 0 unspecified atom stereocenters. The van der Waals surface area contributed by atoms with Crippen molar-refractivity contribution in [1.82, 2.24) is 15.5 Å². The summed E-state index contributed by atoms with van der Waals surface area (Å²) in [4.78, 5) is 0. The van der Waals surface area contributed by atoms with Crippen molar-refractivity contribution in [3.63, 3.8) is 0 Å². The van der Waals surface area contributed by atoms with Crippen LogP contribution in [0.15, 0.2) is 40.9 Å². The van der Waals surface area contributed by atoms with E-state index < -0.39 is 0 Å². The van der Waals surface area contributed by atoms with Gasteiger partial charge in [0.15, 0.2) is 0 Å². The third-order valence-electron chi connectivity index (χ3n) is 2.87. The molecule has 0 atom stereocenters. The molecule has 0 bridgehead atoms. The summed E-state index contributed by atoms with van der Waals surface area (Å²) >= 11 is 3.46. The Balaban J connectivity index is 2.14. The van der Waals surface area contributed by atoms with Gasteiger partial charge in [-0.3, -0.25) is 0 Å². The van der Waals surface area contributed by atoms with Gasteiger partial charge in [-0.15, -0.1) is 10.2 Å². The Morgan fingerprint density at radius 2 is 1.95 bits per heavy atom. The van der Waals surface area contributed by atoms with E-state index in [1.807, 2.05) is 43.4 Å². The molecule has 0 fully saturated rings. The predicted octanol–water partition coefficient (Wildman–Crippen LogP) is 3.32. The Labute approximate surface area is 128 Å². The number of nitrogens with zero attached hydrogens (tertiary/aromatic N) is 2. The fourth-order valence-corrected chi connectivity index (χ4v) is 2.43. The van der Waals surface area contributed by atoms with Gasteiger partial charge in [-0.05, 0) is 45.2 Å². The maximum atomic E-state index is 4.28. The van der Waals surface area contributed by atoms with Gasteiger partial charge in [-0.1, -0.05) is 28.1 Å². The summed E-state index contributed by atoms with van der Waals surface area (Å²) in [6.45, 7) is 5.09. The lowest BCUT2D eigenvalue weighted by Crippen LogP contribution is -2.40. The molecule has 2 N–H and O–H groups in total. The largest absolute Gasteiger partial charge is 0.362 e. The second-order valence-electron chi connectivity index (χ2n) is 5.35. The molecule has 0 radical (unpaired) electrons. The highest BCUT2D eigenvalue weighted by Crippen LogP contribution is 2.21. The molecule has 1 aromatic carbocycles. The molecule has 2 rings (SSSR count). The molecule has 2 aromatic rings. The Morgan fingerprint density at radius 3 is 2.55 bits per heavy atom. The highest BCUT2D eigenvalue weighted by Gasteiger charge is 2.16. The van der Waals surface area contributed by atoms with Crippen LogP contribution in [-0.2, 0) is 0 Å². The van der Waals surface area contributed by atoms with Gasteiger partial charge in [0.1, 0.15) is 5.82 Å². The minimum Gasteiger partial charge on any atom is -0.362 e. The predicted molar refractivity (Wildman–Crippen MR) is 86.8 cm³/mol. The van der Waals surface area contributed by atoms with Crippen molar-refractivity contribution in [2.24, 2.45) is 0 Å². The first kappa shape index (κ1) is 14.9. The minimum absolute atomic E-state index is 0.0687. The zero-order valence-electron chi connectivity index (χ0n) is 11.9. The summed E-state index contributed by atoms with van der Waals surface area (Å²) in [7, 11) is 1.94. The zero-order chi connectivity index (χ0) is 14.6. The van der Waals surface area contributed by atoms with E-state index in [0.29, 0.717) is 0 Å². The maximum absolute atomic E-state index is 4.28. The molecular formula is C15H19BrN4. The average Bonchev–Trinajstić information content (AvgIpc) is 2.39. The van der Waals surface area contributed by atoms with Crippen molar-refractivity contribution in [1.29, 1.82) is 0 Å². The van der Waals surface area contributed by atoms with Gasteiger partial charge in [-0.25, -0.2) is 0 Å². The zero-order valence-corrected chi connectivity index (χ0v) is 13.5. The third-order valence-corrected chi connectivity index (χ3v) is 3.36. The van der Waals surface area contributed by atoms with E-state index in [9.17, 15) is 0 Å². The van der Waals surface area contributed by atoms with Crippen LogP contribution in [0.4, 0.5) is 5.82 Å². The van der Waals surface area contributed by atoms with Crippen molar-refractivity contribution in [3.05, 3.63) is 40.9 Å². The van der Waals surface area contributed by atoms with Gasteiger partial charge >= 0.3 is 0 Å². The highest BCUT2D eigenvalue weighted by molar-refractivity contribution is 9.10. The number of benzene rings is 1. The molecule has 0 spiro atoms. The first-order valence-corrected chi connectivity index (χ1v) is 7.32. The Hall–Kier alpha value is -1.46. The maximum Gasteiger partial charge on any atom is 0.149 e. The molecule has 4 nitrogen and oxygen atoms in total. The van der Waals surface area contributed by atoms with Crippen LogP contribution in [0.2, 0.25) is 0 Å². The van der Waals surface area contributed by atoms with Crippen molar-refractivity contribution in [3.8, 4) is 11.3 Å². The lowest BCUT2D eigenvalue weighted by atomic mass is 10.1. The van der Waals surface area contributed by atoms with Crippen molar-refractivity contribution >= 4 is 21.7 Å². The van der Waals surface area contributed by atoms with E-state index in [0.717, 1.165) is 28.1 Å². The number of hydrogen-bond acceptors (Lipinski definition) is 4. The molecule has 0 saturated carbocycles. The van der Waals surface area contributed by atoms with Crippen LogP contribution in [0, 0.1) is 0 Å². The van der Waals surface area contributed by atoms with Gasteiger partial charge in [0.05, 0.1) is 5.69 Å². The van der Waals surface area contributed by atoms with E-state index in [2.05, 4.69) is 50.6 Å². The molecule has 5 heteroatoms. The summed E-state index contributed by atoms with van der Waals surface area (Å²) in [5, 5.41) is 15.0. The first-order chi connectivity index (χ1) is 9.50. The summed E-state index contributed by atoms with van der Waals surface area (Å²) in [6, 6.07) is 12.0. The monoisotopic (exact) mass is 334 g/mol. The van der Waals surface area contributed by atoms with Gasteiger partial charge in [-0.2, -0.15) is 0 Å². The van der Waals surface area contributed by atoms with Gasteiger partial charge in [0.25, 0.3) is 0 Å². The van der Waals surface area contributed by atoms with Gasteiger partial charge in [0.2, 0.25) is 0 Å². The molecule has 106 valence electrons. The molecule has 20 heavy (non-hydrogen) atoms. The first-order valence-electron chi connectivity index (χ1n) is 6.53. The topological polar surface area (TPSA) is 49.8 Å². The van der Waals surface area contributed by atoms with Crippen LogP contribution in [0.25, 0.3) is 11.3 Å². The molecule has 1 aromatic heterocycles. The van der Waals surface area contributed by atoms with Gasteiger partial charge in [0, 0.05) is 22.1 Å². The third kappa shape index (κ3) is 4.02. The highest BCUT2D eigenvalue weighted by atomic mass is 79.9. The van der Waals surface area contributed by atoms with Crippen LogP contribution in [0.1, 0.15) is 13.8 Å². The molecule has 0 aliphatic carbocycles. The summed E-state index contributed by atoms with van der Waals surface area (Å²) in [6.07, 6.45) is 0. The smallest absolute Gasteiger partial charge is 0.149 e. The normalized spacial score (nSPS) is 11.4. The second-order valence-corrected chi connectivity index (χ2v) is 6.27. The summed E-state index contributed by atoms with van der Waals surface area (Å²) < 4.78 is 1.04. The number of aromatic nitrogens is 2. The van der Waals surface area contributed by atoms with Crippen molar-refractivity contribution in [2.45, 2.75) is 19.4 Å². The standard InChI is InChI=1S/C15H19BrN4/c1-15(2,10-17-3)18-14-8-7-13(19-20-14)11-5-4-6-12(16)9-11/h4-9,17H,10H2,1-3H3,(H,18,20). The van der Waals surface area contributed by atoms with E-state index >= 15 is 0 Å². The van der Waals surface area contributed by atoms with Crippen LogP contribution in [-0.4, -0.2) is 29.3 Å². The Morgan fingerprint density at radius 1 is 1.15 bits per heavy atom. The quantitative estimate of drug-likeness (QED) is 0.880. The number of halogens is 1. The fraction of sp³-hybridized carbons (Fsp3) is 0.333. The lowest BCUT2D eigenvalue weighted by molar-refractivity contribution is 0.527. The summed E-state index contributed by atoms with van der Waals surface area (Å²) in [5.41, 5.74) is 1.84. The van der Waals surface area contributed by atoms with E-state index in [1.165, 1.54) is 0 Å². The van der Waals surface area contributed by atoms with E-state index in [4.69, 9.17) is 0 Å². The lowest BCUT2D eigenvalue weighted by Gasteiger charge is -2.26. The SMILES string of the molecule is CNCC(C)(C)Nc1ccc(-c2cccc(Br)c2)nn1. The Kier molecular flexibility index (Phi) is 4.73. The van der Waals surface area contributed by atoms with Crippen molar-refractivity contribution < 1.29 is 0 Å². The van der Waals surface area contributed by atoms with E-state index in [1.54, 1.807) is 0 Å². The van der Waals surface area contributed by atoms with Crippen LogP contribution < -0.4 is 10.6 Å². The summed E-state index contributed by atoms with van der Waals surface area (Å²) in [5.74, 6) is 0.781. The van der Waals surface area contributed by atoms with Crippen LogP contribution in [0.5, 0.6) is 0 Å². The number of likely N-dealkylation sites (N-methyl/N-ethyl adjacent to an activating group) is 1. The number of hydrogen-bond donors (Lipinski definition) is 2. The number of anilines is 1. The van der Waals surface area contributed by atoms with Crippen LogP contribution in [0.3, 0.4) is 0 Å². The van der Waals surface area contributed by atoms with Gasteiger partial charge < -0.3 is 10.6 Å². The molecule has 0 aliphatic heterocycles. The molecule has 0 amide bonds. The van der Waals surface area contributed by atoms with E-state index in [-0.39, 0.29) is 5.54 Å². The van der Waals surface area contributed by atoms with Crippen molar-refractivity contribution in [2.75, 3.05) is 18.9 Å². The average molecular weight is 335 g/mol. The number of rotatable bonds is 5. The molecule has 0 aliphatic rings. The fourth-order valence-electron chi connectivity index (χ4n) is 2.03. The second kappa shape index (κ2) is 6.33. The van der Waals surface area contributed by atoms with Crippen LogP contribution >= 0.6 is 15.9 Å². The molecule has 1 heterocycles. The minimum atomic E-state index is -0.0687. The Bertz CT molecular complexity index is 566. The molecule has 0 saturated heterocycles. The molecular weight excluding hydrogens is 316 g/mol.